The molecule has 3 aromatic rings. The van der Waals surface area contributed by atoms with Crippen LogP contribution in [0.25, 0.3) is 0 Å². The molecule has 0 saturated carbocycles. The molecule has 35 heavy (non-hydrogen) atoms. The Labute approximate surface area is 205 Å². The van der Waals surface area contributed by atoms with Crippen molar-refractivity contribution in [1.82, 2.24) is 9.62 Å². The maximum Gasteiger partial charge on any atom is 0.258 e. The fourth-order valence-corrected chi connectivity index (χ4v) is 5.47. The zero-order valence-electron chi connectivity index (χ0n) is 19.6. The average Bonchev–Trinajstić information content (AvgIpc) is 2.85. The van der Waals surface area contributed by atoms with Gasteiger partial charge >= 0.3 is 0 Å². The summed E-state index contributed by atoms with van der Waals surface area (Å²) in [7, 11) is -3.78. The van der Waals surface area contributed by atoms with Gasteiger partial charge in [-0.1, -0.05) is 42.5 Å². The third kappa shape index (κ3) is 6.33. The molecule has 0 spiro atoms. The molecule has 2 unspecified atom stereocenters. The quantitative estimate of drug-likeness (QED) is 0.414. The van der Waals surface area contributed by atoms with Gasteiger partial charge in [-0.15, -0.1) is 0 Å². The zero-order chi connectivity index (χ0) is 24.8. The first-order chi connectivity index (χ1) is 16.8. The summed E-state index contributed by atoms with van der Waals surface area (Å²) in [6.45, 7) is 4.21. The first-order valence-corrected chi connectivity index (χ1v) is 12.8. The minimum atomic E-state index is -3.78. The molecular formula is C26H28N4O4S. The van der Waals surface area contributed by atoms with Gasteiger partial charge in [0.25, 0.3) is 5.91 Å². The van der Waals surface area contributed by atoms with E-state index in [1.54, 1.807) is 12.1 Å². The van der Waals surface area contributed by atoms with E-state index in [4.69, 9.17) is 4.74 Å². The molecule has 182 valence electrons. The van der Waals surface area contributed by atoms with Gasteiger partial charge in [0.1, 0.15) is 0 Å². The number of sulfonamides is 1. The molecule has 1 amide bonds. The second kappa shape index (κ2) is 10.8. The van der Waals surface area contributed by atoms with E-state index in [-0.39, 0.29) is 41.7 Å². The predicted octanol–water partition coefficient (Wildman–Crippen LogP) is 4.01. The van der Waals surface area contributed by atoms with E-state index in [9.17, 15) is 13.2 Å². The second-order valence-corrected chi connectivity index (χ2v) is 10.3. The summed E-state index contributed by atoms with van der Waals surface area (Å²) in [6.07, 6.45) is -0.415. The highest BCUT2D eigenvalue weighted by Gasteiger charge is 2.32. The van der Waals surface area contributed by atoms with Crippen molar-refractivity contribution in [3.8, 4) is 0 Å². The zero-order valence-corrected chi connectivity index (χ0v) is 20.4. The van der Waals surface area contributed by atoms with Crippen molar-refractivity contribution in [2.75, 3.05) is 18.4 Å². The molecule has 2 N–H and O–H groups in total. The molecule has 0 aromatic heterocycles. The van der Waals surface area contributed by atoms with Gasteiger partial charge in [0, 0.05) is 24.3 Å². The van der Waals surface area contributed by atoms with Gasteiger partial charge in [-0.05, 0) is 56.3 Å². The lowest BCUT2D eigenvalue weighted by atomic mass is 10.2. The maximum absolute atomic E-state index is 13.3. The molecule has 1 aliphatic heterocycles. The van der Waals surface area contributed by atoms with Crippen molar-refractivity contribution < 1.29 is 17.9 Å². The molecule has 1 fully saturated rings. The number of ether oxygens (including phenoxy) is 1. The summed E-state index contributed by atoms with van der Waals surface area (Å²) in [5.74, 6) is -0.264. The molecule has 1 aliphatic rings. The molecule has 0 aliphatic carbocycles. The topological polar surface area (TPSA) is 100 Å². The fraction of sp³-hybridized carbons (Fsp3) is 0.231. The van der Waals surface area contributed by atoms with E-state index < -0.39 is 15.9 Å². The summed E-state index contributed by atoms with van der Waals surface area (Å²) in [5, 5.41) is 5.89. The van der Waals surface area contributed by atoms with Crippen LogP contribution in [0.5, 0.6) is 0 Å². The summed E-state index contributed by atoms with van der Waals surface area (Å²) in [5.41, 5.74) is 1.60. The number of nitrogens with zero attached hydrogens (tertiary/aromatic N) is 2. The monoisotopic (exact) mass is 492 g/mol. The molecule has 2 atom stereocenters. The number of guanidine groups is 1. The predicted molar refractivity (Wildman–Crippen MR) is 136 cm³/mol. The number of hydrogen-bond donors (Lipinski definition) is 2. The van der Waals surface area contributed by atoms with Gasteiger partial charge in [-0.3, -0.25) is 10.1 Å². The van der Waals surface area contributed by atoms with Crippen LogP contribution in [0.1, 0.15) is 24.2 Å². The lowest BCUT2D eigenvalue weighted by Crippen LogP contribution is -2.48. The SMILES string of the molecule is CC1CN(S(=O)(=O)c2cccc(C(=O)NC(=Nc3ccccc3)Nc3ccccc3)c2)CC(C)O1. The molecule has 8 nitrogen and oxygen atoms in total. The third-order valence-electron chi connectivity index (χ3n) is 5.39. The molecule has 1 saturated heterocycles. The third-order valence-corrected chi connectivity index (χ3v) is 7.21. The van der Waals surface area contributed by atoms with Gasteiger partial charge in [0.2, 0.25) is 16.0 Å². The van der Waals surface area contributed by atoms with Crippen LogP contribution < -0.4 is 10.6 Å². The Bertz CT molecular complexity index is 1290. The summed E-state index contributed by atoms with van der Waals surface area (Å²) in [6, 6.07) is 24.6. The largest absolute Gasteiger partial charge is 0.373 e. The number of hydrogen-bond acceptors (Lipinski definition) is 5. The minimum Gasteiger partial charge on any atom is -0.373 e. The highest BCUT2D eigenvalue weighted by Crippen LogP contribution is 2.22. The van der Waals surface area contributed by atoms with E-state index in [1.165, 1.54) is 16.4 Å². The molecule has 0 bridgehead atoms. The van der Waals surface area contributed by atoms with E-state index in [0.717, 1.165) is 5.69 Å². The lowest BCUT2D eigenvalue weighted by molar-refractivity contribution is -0.0440. The highest BCUT2D eigenvalue weighted by atomic mass is 32.2. The lowest BCUT2D eigenvalue weighted by Gasteiger charge is -2.34. The van der Waals surface area contributed by atoms with Crippen LogP contribution in [0.2, 0.25) is 0 Å². The van der Waals surface area contributed by atoms with Crippen LogP contribution >= 0.6 is 0 Å². The molecule has 4 rings (SSSR count). The van der Waals surface area contributed by atoms with Gasteiger partial charge in [-0.2, -0.15) is 4.31 Å². The number of anilines is 1. The Hall–Kier alpha value is -3.53. The average molecular weight is 493 g/mol. The number of rotatable bonds is 5. The van der Waals surface area contributed by atoms with Crippen LogP contribution in [0, 0.1) is 0 Å². The number of amides is 1. The first-order valence-electron chi connectivity index (χ1n) is 11.3. The maximum atomic E-state index is 13.3. The van der Waals surface area contributed by atoms with E-state index in [2.05, 4.69) is 15.6 Å². The fourth-order valence-electron chi connectivity index (χ4n) is 3.83. The molecule has 3 aromatic carbocycles. The van der Waals surface area contributed by atoms with Crippen LogP contribution in [-0.4, -0.2) is 49.9 Å². The van der Waals surface area contributed by atoms with E-state index in [0.29, 0.717) is 5.69 Å². The van der Waals surface area contributed by atoms with Crippen LogP contribution in [0.15, 0.2) is 94.8 Å². The van der Waals surface area contributed by atoms with Gasteiger partial charge in [-0.25, -0.2) is 13.4 Å². The Kier molecular flexibility index (Phi) is 7.60. The van der Waals surface area contributed by atoms with Crippen LogP contribution in [0.3, 0.4) is 0 Å². The van der Waals surface area contributed by atoms with Crippen molar-refractivity contribution in [3.05, 3.63) is 90.5 Å². The number of benzene rings is 3. The Morgan fingerprint density at radius 1 is 0.914 bits per heavy atom. The number of para-hydroxylation sites is 2. The van der Waals surface area contributed by atoms with Crippen molar-refractivity contribution in [2.24, 2.45) is 4.99 Å². The highest BCUT2D eigenvalue weighted by molar-refractivity contribution is 7.89. The van der Waals surface area contributed by atoms with Crippen molar-refractivity contribution >= 4 is 33.3 Å². The molecule has 9 heteroatoms. The number of carbonyl (C=O) groups is 1. The summed E-state index contributed by atoms with van der Waals surface area (Å²) in [4.78, 5) is 17.7. The van der Waals surface area contributed by atoms with Gasteiger partial charge in [0.05, 0.1) is 22.8 Å². The Balaban J connectivity index is 1.58. The normalized spacial score (nSPS) is 19.2. The van der Waals surface area contributed by atoms with E-state index >= 15 is 0 Å². The van der Waals surface area contributed by atoms with Crippen molar-refractivity contribution in [2.45, 2.75) is 31.0 Å². The summed E-state index contributed by atoms with van der Waals surface area (Å²) >= 11 is 0. The van der Waals surface area contributed by atoms with Gasteiger partial charge < -0.3 is 10.1 Å². The number of morpholine rings is 1. The number of aliphatic imine (C=N–C) groups is 1. The van der Waals surface area contributed by atoms with Crippen LogP contribution in [0.4, 0.5) is 11.4 Å². The van der Waals surface area contributed by atoms with Crippen LogP contribution in [-0.2, 0) is 14.8 Å². The smallest absolute Gasteiger partial charge is 0.258 e. The first kappa shape index (κ1) is 24.6. The van der Waals surface area contributed by atoms with E-state index in [1.807, 2.05) is 74.5 Å². The van der Waals surface area contributed by atoms with Crippen molar-refractivity contribution in [1.29, 1.82) is 0 Å². The van der Waals surface area contributed by atoms with Crippen molar-refractivity contribution in [3.63, 3.8) is 0 Å². The minimum absolute atomic E-state index is 0.0593. The van der Waals surface area contributed by atoms with Gasteiger partial charge in [0.15, 0.2) is 0 Å². The molecule has 0 radical (unpaired) electrons. The Morgan fingerprint density at radius 2 is 1.54 bits per heavy atom. The second-order valence-electron chi connectivity index (χ2n) is 8.35. The number of nitrogens with one attached hydrogen (secondary N) is 2. The number of carbonyl (C=O) groups excluding carboxylic acids is 1. The Morgan fingerprint density at radius 3 is 2.20 bits per heavy atom. The molecule has 1 heterocycles. The molecular weight excluding hydrogens is 464 g/mol. The summed E-state index contributed by atoms with van der Waals surface area (Å²) < 4.78 is 33.6. The standard InChI is InChI=1S/C26H28N4O4S/c1-19-17-30(18-20(2)34-19)35(32,33)24-15-9-10-21(16-24)25(31)29-26(27-22-11-5-3-6-12-22)28-23-13-7-4-8-14-23/h3-16,19-20H,17-18H2,1-2H3,(H2,27,28,29,31).